The number of ether oxygens (including phenoxy) is 2. The van der Waals surface area contributed by atoms with Gasteiger partial charge in [0, 0.05) is 5.69 Å². The second-order valence-corrected chi connectivity index (χ2v) is 4.81. The minimum Gasteiger partial charge on any atom is -0.493 e. The van der Waals surface area contributed by atoms with Crippen molar-refractivity contribution in [1.82, 2.24) is 0 Å². The molecule has 0 fully saturated rings. The third-order valence-corrected chi connectivity index (χ3v) is 3.47. The minimum atomic E-state index is -0.203. The molecule has 0 saturated carbocycles. The number of anilines is 1. The summed E-state index contributed by atoms with van der Waals surface area (Å²) in [7, 11) is 3.21. The van der Waals surface area contributed by atoms with Crippen LogP contribution in [0.4, 0.5) is 5.69 Å². The highest BCUT2D eigenvalue weighted by Gasteiger charge is 2.14. The van der Waals surface area contributed by atoms with Crippen LogP contribution in [-0.2, 0) is 0 Å². The first-order valence-corrected chi connectivity index (χ1v) is 6.84. The first-order chi connectivity index (χ1) is 10.2. The standard InChI is InChI=1S/C17H21NO3/c1-12-6-4-5-7-14(12)18-15(11-19)13-8-9-16(20-2)17(10-13)21-3/h4-10,15,18-19H,11H2,1-3H3. The van der Waals surface area contributed by atoms with E-state index in [2.05, 4.69) is 5.32 Å². The summed E-state index contributed by atoms with van der Waals surface area (Å²) < 4.78 is 10.5. The number of benzene rings is 2. The van der Waals surface area contributed by atoms with E-state index >= 15 is 0 Å². The molecule has 2 aromatic rings. The average molecular weight is 287 g/mol. The average Bonchev–Trinajstić information content (AvgIpc) is 2.53. The van der Waals surface area contributed by atoms with Gasteiger partial charge in [0.05, 0.1) is 26.9 Å². The third kappa shape index (κ3) is 3.47. The Morgan fingerprint density at radius 3 is 2.38 bits per heavy atom. The molecule has 0 aliphatic rings. The minimum absolute atomic E-state index is 0.0101. The van der Waals surface area contributed by atoms with E-state index in [0.717, 1.165) is 16.8 Å². The summed E-state index contributed by atoms with van der Waals surface area (Å²) in [5.74, 6) is 1.33. The van der Waals surface area contributed by atoms with Crippen LogP contribution in [0.3, 0.4) is 0 Å². The molecule has 0 radical (unpaired) electrons. The maximum atomic E-state index is 9.69. The first kappa shape index (κ1) is 15.2. The lowest BCUT2D eigenvalue weighted by Gasteiger charge is -2.20. The summed E-state index contributed by atoms with van der Waals surface area (Å²) in [5.41, 5.74) is 3.08. The smallest absolute Gasteiger partial charge is 0.161 e. The van der Waals surface area contributed by atoms with Crippen molar-refractivity contribution in [2.24, 2.45) is 0 Å². The Bertz CT molecular complexity index is 598. The number of para-hydroxylation sites is 1. The van der Waals surface area contributed by atoms with Gasteiger partial charge in [-0.25, -0.2) is 0 Å². The van der Waals surface area contributed by atoms with Crippen molar-refractivity contribution in [2.45, 2.75) is 13.0 Å². The fourth-order valence-corrected chi connectivity index (χ4v) is 2.23. The summed E-state index contributed by atoms with van der Waals surface area (Å²) in [5, 5.41) is 13.0. The highest BCUT2D eigenvalue weighted by molar-refractivity contribution is 5.53. The molecule has 0 bridgehead atoms. The number of rotatable bonds is 6. The van der Waals surface area contributed by atoms with E-state index in [1.807, 2.05) is 49.4 Å². The second-order valence-electron chi connectivity index (χ2n) is 4.81. The second kappa shape index (κ2) is 6.99. The topological polar surface area (TPSA) is 50.7 Å². The van der Waals surface area contributed by atoms with Crippen molar-refractivity contribution in [3.63, 3.8) is 0 Å². The molecule has 2 rings (SSSR count). The lowest BCUT2D eigenvalue weighted by atomic mass is 10.1. The SMILES string of the molecule is COc1ccc(C(CO)Nc2ccccc2C)cc1OC. The van der Waals surface area contributed by atoms with Gasteiger partial charge in [0.2, 0.25) is 0 Å². The van der Waals surface area contributed by atoms with E-state index in [1.165, 1.54) is 0 Å². The number of aliphatic hydroxyl groups excluding tert-OH is 1. The highest BCUT2D eigenvalue weighted by Crippen LogP contribution is 2.31. The van der Waals surface area contributed by atoms with Crippen molar-refractivity contribution in [3.8, 4) is 11.5 Å². The summed E-state index contributed by atoms with van der Waals surface area (Å²) in [6, 6.07) is 13.4. The van der Waals surface area contributed by atoms with Gasteiger partial charge in [0.15, 0.2) is 11.5 Å². The number of aryl methyl sites for hydroxylation is 1. The summed E-state index contributed by atoms with van der Waals surface area (Å²) in [4.78, 5) is 0. The van der Waals surface area contributed by atoms with E-state index in [4.69, 9.17) is 9.47 Å². The highest BCUT2D eigenvalue weighted by atomic mass is 16.5. The first-order valence-electron chi connectivity index (χ1n) is 6.84. The predicted octanol–water partition coefficient (Wildman–Crippen LogP) is 3.16. The molecule has 2 N–H and O–H groups in total. The molecule has 21 heavy (non-hydrogen) atoms. The molecular weight excluding hydrogens is 266 g/mol. The summed E-state index contributed by atoms with van der Waals surface area (Å²) in [6.07, 6.45) is 0. The maximum absolute atomic E-state index is 9.69. The zero-order valence-electron chi connectivity index (χ0n) is 12.6. The molecule has 0 aliphatic heterocycles. The van der Waals surface area contributed by atoms with Crippen LogP contribution in [0.5, 0.6) is 11.5 Å². The van der Waals surface area contributed by atoms with Gasteiger partial charge >= 0.3 is 0 Å². The Balaban J connectivity index is 2.27. The van der Waals surface area contributed by atoms with Crippen LogP contribution < -0.4 is 14.8 Å². The molecule has 0 aliphatic carbocycles. The number of methoxy groups -OCH3 is 2. The molecular formula is C17H21NO3. The molecule has 1 unspecified atom stereocenters. The Morgan fingerprint density at radius 2 is 1.76 bits per heavy atom. The largest absolute Gasteiger partial charge is 0.493 e. The van der Waals surface area contributed by atoms with Gasteiger partial charge in [0.1, 0.15) is 0 Å². The van der Waals surface area contributed by atoms with Crippen LogP contribution in [0.2, 0.25) is 0 Å². The zero-order chi connectivity index (χ0) is 15.2. The van der Waals surface area contributed by atoms with Gasteiger partial charge in [-0.15, -0.1) is 0 Å². The molecule has 0 heterocycles. The number of hydrogen-bond acceptors (Lipinski definition) is 4. The van der Waals surface area contributed by atoms with Crippen LogP contribution in [0.25, 0.3) is 0 Å². The molecule has 1 atom stereocenters. The van der Waals surface area contributed by atoms with E-state index in [0.29, 0.717) is 11.5 Å². The number of nitrogens with one attached hydrogen (secondary N) is 1. The Morgan fingerprint density at radius 1 is 1.05 bits per heavy atom. The summed E-state index contributed by atoms with van der Waals surface area (Å²) >= 11 is 0. The van der Waals surface area contributed by atoms with Crippen molar-refractivity contribution in [1.29, 1.82) is 0 Å². The van der Waals surface area contributed by atoms with Gasteiger partial charge in [-0.3, -0.25) is 0 Å². The lowest BCUT2D eigenvalue weighted by Crippen LogP contribution is -2.15. The lowest BCUT2D eigenvalue weighted by molar-refractivity contribution is 0.275. The van der Waals surface area contributed by atoms with Crippen molar-refractivity contribution in [3.05, 3.63) is 53.6 Å². The van der Waals surface area contributed by atoms with Gasteiger partial charge in [0.25, 0.3) is 0 Å². The van der Waals surface area contributed by atoms with Gasteiger partial charge in [-0.05, 0) is 36.2 Å². The Labute approximate surface area is 125 Å². The fourth-order valence-electron chi connectivity index (χ4n) is 2.23. The van der Waals surface area contributed by atoms with Gasteiger partial charge in [-0.1, -0.05) is 24.3 Å². The number of hydrogen-bond donors (Lipinski definition) is 2. The van der Waals surface area contributed by atoms with Crippen molar-refractivity contribution >= 4 is 5.69 Å². The summed E-state index contributed by atoms with van der Waals surface area (Å²) in [6.45, 7) is 2.02. The molecule has 0 aromatic heterocycles. The van der Waals surface area contributed by atoms with Crippen LogP contribution in [0.15, 0.2) is 42.5 Å². The van der Waals surface area contributed by atoms with Crippen LogP contribution >= 0.6 is 0 Å². The predicted molar refractivity (Wildman–Crippen MR) is 84.2 cm³/mol. The molecule has 0 amide bonds. The quantitative estimate of drug-likeness (QED) is 0.857. The van der Waals surface area contributed by atoms with Crippen LogP contribution in [0, 0.1) is 6.92 Å². The van der Waals surface area contributed by atoms with Crippen LogP contribution in [-0.4, -0.2) is 25.9 Å². The molecule has 0 spiro atoms. The van der Waals surface area contributed by atoms with Gasteiger partial charge < -0.3 is 19.9 Å². The van der Waals surface area contributed by atoms with E-state index in [9.17, 15) is 5.11 Å². The molecule has 4 heteroatoms. The van der Waals surface area contributed by atoms with E-state index in [1.54, 1.807) is 14.2 Å². The van der Waals surface area contributed by atoms with E-state index < -0.39 is 0 Å². The Kier molecular flexibility index (Phi) is 5.06. The molecule has 112 valence electrons. The normalized spacial score (nSPS) is 11.8. The van der Waals surface area contributed by atoms with E-state index in [-0.39, 0.29) is 12.6 Å². The molecule has 4 nitrogen and oxygen atoms in total. The van der Waals surface area contributed by atoms with Crippen molar-refractivity contribution in [2.75, 3.05) is 26.1 Å². The zero-order valence-corrected chi connectivity index (χ0v) is 12.6. The third-order valence-electron chi connectivity index (χ3n) is 3.47. The maximum Gasteiger partial charge on any atom is 0.161 e. The monoisotopic (exact) mass is 287 g/mol. The van der Waals surface area contributed by atoms with Crippen molar-refractivity contribution < 1.29 is 14.6 Å². The van der Waals surface area contributed by atoms with Crippen LogP contribution in [0.1, 0.15) is 17.2 Å². The number of aliphatic hydroxyl groups is 1. The Hall–Kier alpha value is -2.20. The molecule has 2 aromatic carbocycles. The van der Waals surface area contributed by atoms with Gasteiger partial charge in [-0.2, -0.15) is 0 Å². The fraction of sp³-hybridized carbons (Fsp3) is 0.294. The molecule has 0 saturated heterocycles.